The number of Topliss-reactive ketones (excluding diaryl/α,β-unsaturated/α-hetero) is 1. The van der Waals surface area contributed by atoms with Crippen LogP contribution in [0.1, 0.15) is 46.9 Å². The number of rotatable bonds is 6. The van der Waals surface area contributed by atoms with E-state index in [1.165, 1.54) is 12.1 Å². The molecule has 0 heterocycles. The summed E-state index contributed by atoms with van der Waals surface area (Å²) < 4.78 is 4.55. The lowest BCUT2D eigenvalue weighted by Gasteiger charge is -2.09. The van der Waals surface area contributed by atoms with Crippen LogP contribution in [0.5, 0.6) is 0 Å². The number of nitrogens with zero attached hydrogens (tertiary/aromatic N) is 1. The zero-order valence-corrected chi connectivity index (χ0v) is 11.3. The minimum atomic E-state index is -0.798. The second-order valence-electron chi connectivity index (χ2n) is 4.20. The second kappa shape index (κ2) is 6.65. The highest BCUT2D eigenvalue weighted by atomic mass is 16.6. The number of ketones is 1. The van der Waals surface area contributed by atoms with Crippen LogP contribution in [0, 0.1) is 10.1 Å². The van der Waals surface area contributed by atoms with Crippen molar-refractivity contribution in [2.45, 2.75) is 26.2 Å². The van der Waals surface area contributed by atoms with E-state index in [9.17, 15) is 19.7 Å². The van der Waals surface area contributed by atoms with E-state index >= 15 is 0 Å². The molecular formula is C13H16N2O5. The number of carbonyl (C=O) groups is 2. The van der Waals surface area contributed by atoms with Crippen LogP contribution in [0.15, 0.2) is 12.1 Å². The van der Waals surface area contributed by atoms with Gasteiger partial charge in [-0.15, -0.1) is 0 Å². The summed E-state index contributed by atoms with van der Waals surface area (Å²) in [5.41, 5.74) is 4.47. The van der Waals surface area contributed by atoms with Crippen molar-refractivity contribution in [3.8, 4) is 0 Å². The molecule has 1 aromatic rings. The minimum absolute atomic E-state index is 0.116. The number of ether oxygens (including phenoxy) is 1. The average molecular weight is 280 g/mol. The normalized spacial score (nSPS) is 10.1. The van der Waals surface area contributed by atoms with E-state index in [0.717, 1.165) is 13.5 Å². The van der Waals surface area contributed by atoms with Crippen molar-refractivity contribution in [1.29, 1.82) is 0 Å². The Balaban J connectivity index is 3.47. The summed E-state index contributed by atoms with van der Waals surface area (Å²) in [4.78, 5) is 34.2. The van der Waals surface area contributed by atoms with E-state index in [4.69, 9.17) is 5.73 Å². The first-order valence-corrected chi connectivity index (χ1v) is 6.12. The third kappa shape index (κ3) is 3.11. The predicted molar refractivity (Wildman–Crippen MR) is 72.7 cm³/mol. The van der Waals surface area contributed by atoms with Gasteiger partial charge in [0.2, 0.25) is 0 Å². The minimum Gasteiger partial charge on any atom is -0.465 e. The molecule has 0 bridgehead atoms. The molecule has 0 aliphatic heterocycles. The van der Waals surface area contributed by atoms with Crippen LogP contribution >= 0.6 is 0 Å². The van der Waals surface area contributed by atoms with Gasteiger partial charge in [0, 0.05) is 6.42 Å². The van der Waals surface area contributed by atoms with E-state index in [1.807, 2.05) is 6.92 Å². The van der Waals surface area contributed by atoms with E-state index in [0.29, 0.717) is 6.42 Å². The maximum Gasteiger partial charge on any atom is 0.338 e. The summed E-state index contributed by atoms with van der Waals surface area (Å²) in [6.07, 6.45) is 1.45. The van der Waals surface area contributed by atoms with Crippen molar-refractivity contribution in [2.75, 3.05) is 12.8 Å². The van der Waals surface area contributed by atoms with Gasteiger partial charge in [-0.3, -0.25) is 14.9 Å². The third-order valence-electron chi connectivity index (χ3n) is 2.83. The van der Waals surface area contributed by atoms with Gasteiger partial charge in [0.1, 0.15) is 11.3 Å². The Labute approximate surface area is 115 Å². The molecule has 20 heavy (non-hydrogen) atoms. The Bertz CT molecular complexity index is 554. The molecule has 108 valence electrons. The van der Waals surface area contributed by atoms with Crippen molar-refractivity contribution in [1.82, 2.24) is 0 Å². The fourth-order valence-corrected chi connectivity index (χ4v) is 1.83. The Kier molecular flexibility index (Phi) is 5.19. The summed E-state index contributed by atoms with van der Waals surface area (Å²) in [6, 6.07) is 2.49. The lowest BCUT2D eigenvalue weighted by atomic mass is 9.97. The number of nitro groups is 1. The second-order valence-corrected chi connectivity index (χ2v) is 4.20. The maximum absolute atomic E-state index is 12.2. The molecule has 0 fully saturated rings. The molecule has 0 unspecified atom stereocenters. The monoisotopic (exact) mass is 280 g/mol. The van der Waals surface area contributed by atoms with Crippen LogP contribution in [0.4, 0.5) is 11.4 Å². The SMILES string of the molecule is CCCCC(=O)c1c(C(=O)OC)ccc(N)c1[N+](=O)[O-]. The fourth-order valence-electron chi connectivity index (χ4n) is 1.83. The highest BCUT2D eigenvalue weighted by Crippen LogP contribution is 2.31. The van der Waals surface area contributed by atoms with E-state index in [-0.39, 0.29) is 23.2 Å². The van der Waals surface area contributed by atoms with Crippen molar-refractivity contribution < 1.29 is 19.2 Å². The molecule has 1 aromatic carbocycles. The van der Waals surface area contributed by atoms with Gasteiger partial charge in [-0.1, -0.05) is 13.3 Å². The zero-order valence-electron chi connectivity index (χ0n) is 11.3. The molecule has 1 rings (SSSR count). The van der Waals surface area contributed by atoms with Crippen molar-refractivity contribution in [3.05, 3.63) is 33.4 Å². The molecule has 7 nitrogen and oxygen atoms in total. The first kappa shape index (κ1) is 15.6. The van der Waals surface area contributed by atoms with Crippen LogP contribution < -0.4 is 5.73 Å². The molecule has 2 N–H and O–H groups in total. The number of hydrogen-bond donors (Lipinski definition) is 1. The van der Waals surface area contributed by atoms with E-state index < -0.39 is 22.4 Å². The van der Waals surface area contributed by atoms with E-state index in [2.05, 4.69) is 4.74 Å². The summed E-state index contributed by atoms with van der Waals surface area (Å²) in [5, 5.41) is 11.1. The largest absolute Gasteiger partial charge is 0.465 e. The molecule has 0 spiro atoms. The Hall–Kier alpha value is -2.44. The van der Waals surface area contributed by atoms with Crippen LogP contribution in [0.25, 0.3) is 0 Å². The van der Waals surface area contributed by atoms with Crippen molar-refractivity contribution in [2.24, 2.45) is 0 Å². The molecule has 0 aromatic heterocycles. The standard InChI is InChI=1S/C13H16N2O5/c1-3-4-5-10(16)11-8(13(17)20-2)6-7-9(14)12(11)15(18)19/h6-7H,3-5,14H2,1-2H3. The van der Waals surface area contributed by atoms with Gasteiger partial charge >= 0.3 is 11.7 Å². The molecule has 0 saturated heterocycles. The van der Waals surface area contributed by atoms with Gasteiger partial charge in [0.15, 0.2) is 5.78 Å². The molecular weight excluding hydrogens is 264 g/mol. The number of unbranched alkanes of at least 4 members (excludes halogenated alkanes) is 1. The Morgan fingerprint density at radius 2 is 2.05 bits per heavy atom. The summed E-state index contributed by atoms with van der Waals surface area (Å²) >= 11 is 0. The van der Waals surface area contributed by atoms with Gasteiger partial charge < -0.3 is 10.5 Å². The number of anilines is 1. The number of carbonyl (C=O) groups excluding carboxylic acids is 2. The first-order chi connectivity index (χ1) is 9.43. The zero-order chi connectivity index (χ0) is 15.3. The average Bonchev–Trinajstić information content (AvgIpc) is 2.42. The molecule has 0 amide bonds. The highest BCUT2D eigenvalue weighted by Gasteiger charge is 2.29. The number of nitrogen functional groups attached to an aromatic ring is 1. The molecule has 0 aliphatic carbocycles. The van der Waals surface area contributed by atoms with Gasteiger partial charge in [0.05, 0.1) is 17.6 Å². The van der Waals surface area contributed by atoms with Crippen LogP contribution in [-0.2, 0) is 4.74 Å². The maximum atomic E-state index is 12.2. The Morgan fingerprint density at radius 3 is 2.55 bits per heavy atom. The predicted octanol–water partition coefficient (Wildman–Crippen LogP) is 2.34. The van der Waals surface area contributed by atoms with Crippen molar-refractivity contribution >= 4 is 23.1 Å². The third-order valence-corrected chi connectivity index (χ3v) is 2.83. The van der Waals surface area contributed by atoms with Gasteiger partial charge in [-0.05, 0) is 18.6 Å². The van der Waals surface area contributed by atoms with Gasteiger partial charge in [0.25, 0.3) is 0 Å². The molecule has 0 saturated carbocycles. The summed E-state index contributed by atoms with van der Waals surface area (Å²) in [6.45, 7) is 1.89. The fraction of sp³-hybridized carbons (Fsp3) is 0.385. The molecule has 7 heteroatoms. The van der Waals surface area contributed by atoms with Crippen LogP contribution in [0.2, 0.25) is 0 Å². The smallest absolute Gasteiger partial charge is 0.338 e. The lowest BCUT2D eigenvalue weighted by molar-refractivity contribution is -0.384. The topological polar surface area (TPSA) is 113 Å². The first-order valence-electron chi connectivity index (χ1n) is 6.12. The van der Waals surface area contributed by atoms with Crippen LogP contribution in [0.3, 0.4) is 0 Å². The number of methoxy groups -OCH3 is 1. The molecule has 0 atom stereocenters. The molecule has 0 radical (unpaired) electrons. The number of hydrogen-bond acceptors (Lipinski definition) is 6. The lowest BCUT2D eigenvalue weighted by Crippen LogP contribution is -2.14. The van der Waals surface area contributed by atoms with Crippen molar-refractivity contribution in [3.63, 3.8) is 0 Å². The highest BCUT2D eigenvalue weighted by molar-refractivity contribution is 6.10. The van der Waals surface area contributed by atoms with Crippen LogP contribution in [-0.4, -0.2) is 23.8 Å². The Morgan fingerprint density at radius 1 is 1.40 bits per heavy atom. The summed E-state index contributed by atoms with van der Waals surface area (Å²) in [5.74, 6) is -1.28. The quantitative estimate of drug-likeness (QED) is 0.281. The summed E-state index contributed by atoms with van der Waals surface area (Å²) in [7, 11) is 1.14. The number of nitro benzene ring substituents is 1. The molecule has 0 aliphatic rings. The van der Waals surface area contributed by atoms with Gasteiger partial charge in [-0.2, -0.15) is 0 Å². The number of nitrogens with two attached hydrogens (primary N) is 1. The van der Waals surface area contributed by atoms with Gasteiger partial charge in [-0.25, -0.2) is 4.79 Å². The number of benzene rings is 1. The van der Waals surface area contributed by atoms with E-state index in [1.54, 1.807) is 0 Å². The number of esters is 1.